The first kappa shape index (κ1) is 14.8. The lowest BCUT2D eigenvalue weighted by Crippen LogP contribution is -2.65. The van der Waals surface area contributed by atoms with Crippen LogP contribution in [0.5, 0.6) is 0 Å². The molecule has 0 N–H and O–H groups in total. The third-order valence-electron chi connectivity index (χ3n) is 2.59. The summed E-state index contributed by atoms with van der Waals surface area (Å²) in [5, 5.41) is 0. The molecule has 1 aliphatic rings. The highest BCUT2D eigenvalue weighted by Gasteiger charge is 2.52. The van der Waals surface area contributed by atoms with Gasteiger partial charge in [-0.2, -0.15) is 0 Å². The fraction of sp³-hybridized carbons (Fsp3) is 1.00. The zero-order valence-corrected chi connectivity index (χ0v) is 15.9. The molecule has 0 radical (unpaired) electrons. The van der Waals surface area contributed by atoms with Crippen LogP contribution in [0.2, 0.25) is 57.9 Å². The first-order valence-electron chi connectivity index (χ1n) is 6.14. The molecule has 0 unspecified atom stereocenters. The fourth-order valence-corrected chi connectivity index (χ4v) is 22.2. The second kappa shape index (κ2) is 4.79. The van der Waals surface area contributed by atoms with Crippen LogP contribution in [0.1, 0.15) is 0 Å². The Morgan fingerprint density at radius 2 is 1.25 bits per heavy atom. The van der Waals surface area contributed by atoms with E-state index in [-0.39, 0.29) is 0 Å². The van der Waals surface area contributed by atoms with Crippen molar-refractivity contribution in [1.82, 2.24) is 0 Å². The monoisotopic (exact) mass is 294 g/mol. The van der Waals surface area contributed by atoms with E-state index in [1.165, 1.54) is 6.04 Å². The van der Waals surface area contributed by atoms with Gasteiger partial charge >= 0.3 is 25.7 Å². The lowest BCUT2D eigenvalue weighted by Gasteiger charge is -2.48. The SMILES string of the molecule is C[SiH](C)CC[Si]1(C)O[Si](C)(C)O[Si](C)(C)O1. The van der Waals surface area contributed by atoms with E-state index in [1.807, 2.05) is 0 Å². The molecule has 0 saturated carbocycles. The van der Waals surface area contributed by atoms with Crippen LogP contribution in [0.15, 0.2) is 0 Å². The molecule has 1 fully saturated rings. The van der Waals surface area contributed by atoms with Gasteiger partial charge in [-0.1, -0.05) is 19.1 Å². The average molecular weight is 295 g/mol. The fourth-order valence-electron chi connectivity index (χ4n) is 2.35. The topological polar surface area (TPSA) is 27.7 Å². The second-order valence-corrected chi connectivity index (χ2v) is 20.4. The zero-order valence-electron chi connectivity index (χ0n) is 11.7. The summed E-state index contributed by atoms with van der Waals surface area (Å²) < 4.78 is 18.5. The van der Waals surface area contributed by atoms with Crippen LogP contribution in [-0.4, -0.2) is 34.5 Å². The van der Waals surface area contributed by atoms with Crippen molar-refractivity contribution in [2.24, 2.45) is 0 Å². The van der Waals surface area contributed by atoms with Crippen LogP contribution in [0.25, 0.3) is 0 Å². The Balaban J connectivity index is 2.71. The van der Waals surface area contributed by atoms with E-state index >= 15 is 0 Å². The van der Waals surface area contributed by atoms with Gasteiger partial charge in [0.1, 0.15) is 0 Å². The Labute approximate surface area is 105 Å². The minimum absolute atomic E-state index is 0.506. The molecular formula is C9H26O3Si4. The molecule has 0 aliphatic carbocycles. The summed E-state index contributed by atoms with van der Waals surface area (Å²) in [7, 11) is -6.28. The number of hydrogen-bond donors (Lipinski definition) is 0. The summed E-state index contributed by atoms with van der Waals surface area (Å²) in [6.45, 7) is 15.6. The lowest BCUT2D eigenvalue weighted by molar-refractivity contribution is 0.233. The minimum atomic E-state index is -1.94. The Morgan fingerprint density at radius 3 is 1.62 bits per heavy atom. The van der Waals surface area contributed by atoms with Crippen molar-refractivity contribution in [3.05, 3.63) is 0 Å². The van der Waals surface area contributed by atoms with Crippen LogP contribution >= 0.6 is 0 Å². The molecule has 0 amide bonds. The van der Waals surface area contributed by atoms with Gasteiger partial charge in [0.15, 0.2) is 0 Å². The highest BCUT2D eigenvalue weighted by atomic mass is 28.5. The van der Waals surface area contributed by atoms with Gasteiger partial charge in [0.05, 0.1) is 0 Å². The van der Waals surface area contributed by atoms with Gasteiger partial charge in [-0.05, 0) is 38.8 Å². The Hall–Kier alpha value is 0.748. The van der Waals surface area contributed by atoms with Crippen LogP contribution in [0.4, 0.5) is 0 Å². The molecule has 16 heavy (non-hydrogen) atoms. The van der Waals surface area contributed by atoms with Crippen molar-refractivity contribution >= 4 is 34.5 Å². The van der Waals surface area contributed by atoms with E-state index in [2.05, 4.69) is 45.8 Å². The second-order valence-electron chi connectivity index (χ2n) is 6.17. The van der Waals surface area contributed by atoms with Crippen molar-refractivity contribution < 1.29 is 12.3 Å². The van der Waals surface area contributed by atoms with Gasteiger partial charge in [-0.15, -0.1) is 0 Å². The molecule has 0 bridgehead atoms. The molecule has 7 heteroatoms. The first-order valence-corrected chi connectivity index (χ1v) is 17.4. The molecule has 0 aromatic heterocycles. The number of hydrogen-bond acceptors (Lipinski definition) is 3. The number of rotatable bonds is 3. The molecule has 1 saturated heterocycles. The van der Waals surface area contributed by atoms with Gasteiger partial charge in [0.2, 0.25) is 0 Å². The summed E-state index contributed by atoms with van der Waals surface area (Å²) in [5.41, 5.74) is 0. The van der Waals surface area contributed by atoms with Crippen molar-refractivity contribution in [3.8, 4) is 0 Å². The Morgan fingerprint density at radius 1 is 0.812 bits per heavy atom. The van der Waals surface area contributed by atoms with E-state index in [4.69, 9.17) is 12.3 Å². The normalized spacial score (nSPS) is 27.0. The molecule has 0 aromatic rings. The van der Waals surface area contributed by atoms with Gasteiger partial charge in [0.25, 0.3) is 0 Å². The van der Waals surface area contributed by atoms with Crippen molar-refractivity contribution in [1.29, 1.82) is 0 Å². The standard InChI is InChI=1S/C9H26O3Si4/c1-13(2)8-9-16(7)11-14(3,4)10-15(5,6)12-16/h13H,8-9H2,1-7H3. The summed E-state index contributed by atoms with van der Waals surface area (Å²) in [5.74, 6) is 0. The predicted molar refractivity (Wildman–Crippen MR) is 78.3 cm³/mol. The van der Waals surface area contributed by atoms with E-state index in [0.29, 0.717) is 0 Å². The van der Waals surface area contributed by atoms with Gasteiger partial charge < -0.3 is 12.3 Å². The molecule has 96 valence electrons. The maximum absolute atomic E-state index is 6.24. The largest absolute Gasteiger partial charge is 0.416 e. The minimum Gasteiger partial charge on any atom is -0.416 e. The maximum atomic E-state index is 6.24. The molecule has 0 spiro atoms. The van der Waals surface area contributed by atoms with Gasteiger partial charge in [-0.25, -0.2) is 0 Å². The summed E-state index contributed by atoms with van der Waals surface area (Å²) >= 11 is 0. The average Bonchev–Trinajstić information content (AvgIpc) is 1.93. The Bertz CT molecular complexity index is 239. The quantitative estimate of drug-likeness (QED) is 0.749. The molecular weight excluding hydrogens is 268 g/mol. The molecule has 1 aliphatic heterocycles. The maximum Gasteiger partial charge on any atom is 0.317 e. The molecule has 1 rings (SSSR count). The summed E-state index contributed by atoms with van der Waals surface area (Å²) in [4.78, 5) is 0. The van der Waals surface area contributed by atoms with Crippen LogP contribution in [0, 0.1) is 0 Å². The smallest absolute Gasteiger partial charge is 0.317 e. The highest BCUT2D eigenvalue weighted by molar-refractivity contribution is 6.93. The van der Waals surface area contributed by atoms with Crippen LogP contribution in [-0.2, 0) is 12.3 Å². The van der Waals surface area contributed by atoms with Crippen LogP contribution < -0.4 is 0 Å². The van der Waals surface area contributed by atoms with E-state index in [0.717, 1.165) is 6.04 Å². The third-order valence-corrected chi connectivity index (χ3v) is 17.1. The molecule has 3 nitrogen and oxygen atoms in total. The lowest BCUT2D eigenvalue weighted by atomic mass is 10.9. The van der Waals surface area contributed by atoms with E-state index in [1.54, 1.807) is 0 Å². The van der Waals surface area contributed by atoms with Crippen LogP contribution in [0.3, 0.4) is 0 Å². The predicted octanol–water partition coefficient (Wildman–Crippen LogP) is 3.01. The van der Waals surface area contributed by atoms with E-state index < -0.39 is 34.5 Å². The van der Waals surface area contributed by atoms with Gasteiger partial charge in [0, 0.05) is 8.80 Å². The van der Waals surface area contributed by atoms with Crippen molar-refractivity contribution in [2.45, 2.75) is 57.9 Å². The van der Waals surface area contributed by atoms with E-state index in [9.17, 15) is 0 Å². The third kappa shape index (κ3) is 4.55. The summed E-state index contributed by atoms with van der Waals surface area (Å²) in [6.07, 6.45) is 0. The Kier molecular flexibility index (Phi) is 4.43. The molecule has 0 aromatic carbocycles. The molecule has 0 atom stereocenters. The van der Waals surface area contributed by atoms with Gasteiger partial charge in [-0.3, -0.25) is 0 Å². The first-order chi connectivity index (χ1) is 7.04. The van der Waals surface area contributed by atoms with Crippen molar-refractivity contribution in [3.63, 3.8) is 0 Å². The highest BCUT2D eigenvalue weighted by Crippen LogP contribution is 2.33. The van der Waals surface area contributed by atoms with Crippen molar-refractivity contribution in [2.75, 3.05) is 0 Å². The summed E-state index contributed by atoms with van der Waals surface area (Å²) in [6, 6.07) is 2.49. The molecule has 1 heterocycles. The zero-order chi connectivity index (χ0) is 12.6.